The van der Waals surface area contributed by atoms with Crippen LogP contribution in [0, 0.1) is 12.8 Å². The van der Waals surface area contributed by atoms with Gasteiger partial charge in [0.2, 0.25) is 5.91 Å². The zero-order valence-electron chi connectivity index (χ0n) is 13.2. The first-order valence-electron chi connectivity index (χ1n) is 7.64. The van der Waals surface area contributed by atoms with Crippen molar-refractivity contribution in [3.63, 3.8) is 0 Å². The lowest BCUT2D eigenvalue weighted by atomic mass is 10.0. The zero-order chi connectivity index (χ0) is 15.2. The van der Waals surface area contributed by atoms with Crippen LogP contribution >= 0.6 is 11.3 Å². The van der Waals surface area contributed by atoms with E-state index in [-0.39, 0.29) is 23.7 Å². The lowest BCUT2D eigenvalue weighted by Gasteiger charge is -2.34. The smallest absolute Gasteiger partial charge is 0.244 e. The van der Waals surface area contributed by atoms with Crippen molar-refractivity contribution in [3.05, 3.63) is 21.9 Å². The second-order valence-electron chi connectivity index (χ2n) is 6.56. The van der Waals surface area contributed by atoms with Crippen LogP contribution in [0.1, 0.15) is 42.6 Å². The van der Waals surface area contributed by atoms with Gasteiger partial charge in [-0.3, -0.25) is 10.1 Å². The summed E-state index contributed by atoms with van der Waals surface area (Å²) in [6, 6.07) is 4.38. The fourth-order valence-corrected chi connectivity index (χ4v) is 4.08. The molecule has 0 aromatic carbocycles. The molecule has 2 atom stereocenters. The van der Waals surface area contributed by atoms with E-state index < -0.39 is 0 Å². The molecule has 1 N–H and O–H groups in total. The summed E-state index contributed by atoms with van der Waals surface area (Å²) < 4.78 is 5.39. The van der Waals surface area contributed by atoms with Crippen LogP contribution < -0.4 is 5.32 Å². The van der Waals surface area contributed by atoms with Gasteiger partial charge in [0.1, 0.15) is 11.7 Å². The average molecular weight is 308 g/mol. The Labute approximate surface area is 130 Å². The highest BCUT2D eigenvalue weighted by Gasteiger charge is 2.61. The van der Waals surface area contributed by atoms with Crippen LogP contribution in [0.5, 0.6) is 0 Å². The van der Waals surface area contributed by atoms with Crippen LogP contribution in [0.2, 0.25) is 0 Å². The number of hydrogen-bond acceptors (Lipinski definition) is 4. The van der Waals surface area contributed by atoms with Crippen LogP contribution in [-0.4, -0.2) is 36.1 Å². The fourth-order valence-electron chi connectivity index (χ4n) is 3.16. The minimum Gasteiger partial charge on any atom is -0.383 e. The third-order valence-electron chi connectivity index (χ3n) is 4.58. The molecule has 2 heterocycles. The van der Waals surface area contributed by atoms with Crippen molar-refractivity contribution < 1.29 is 9.53 Å². The van der Waals surface area contributed by atoms with Crippen LogP contribution in [0.25, 0.3) is 0 Å². The topological polar surface area (TPSA) is 41.6 Å². The molecule has 2 aliphatic rings. The third kappa shape index (κ3) is 2.51. The monoisotopic (exact) mass is 308 g/mol. The first-order chi connectivity index (χ1) is 9.98. The zero-order valence-corrected chi connectivity index (χ0v) is 14.0. The van der Waals surface area contributed by atoms with Crippen molar-refractivity contribution in [2.75, 3.05) is 13.7 Å². The number of carbonyl (C=O) groups excluding carboxylic acids is 1. The van der Waals surface area contributed by atoms with E-state index in [1.54, 1.807) is 18.4 Å². The Balaban J connectivity index is 1.94. The largest absolute Gasteiger partial charge is 0.383 e. The molecule has 0 bridgehead atoms. The second kappa shape index (κ2) is 5.38. The summed E-state index contributed by atoms with van der Waals surface area (Å²) in [5.74, 6) is 0.627. The molecule has 4 nitrogen and oxygen atoms in total. The Bertz CT molecular complexity index is 536. The van der Waals surface area contributed by atoms with Gasteiger partial charge in [-0.2, -0.15) is 0 Å². The number of methoxy groups -OCH3 is 1. The molecule has 3 rings (SSSR count). The minimum atomic E-state index is -0.288. The van der Waals surface area contributed by atoms with Crippen LogP contribution in [0.3, 0.4) is 0 Å². The maximum absolute atomic E-state index is 12.9. The van der Waals surface area contributed by atoms with E-state index in [2.05, 4.69) is 38.2 Å². The van der Waals surface area contributed by atoms with Crippen molar-refractivity contribution in [2.24, 2.45) is 5.92 Å². The van der Waals surface area contributed by atoms with Crippen LogP contribution in [-0.2, 0) is 9.53 Å². The van der Waals surface area contributed by atoms with E-state index in [4.69, 9.17) is 4.74 Å². The molecule has 1 amide bonds. The van der Waals surface area contributed by atoms with Crippen molar-refractivity contribution in [1.29, 1.82) is 0 Å². The highest BCUT2D eigenvalue weighted by atomic mass is 32.1. The molecule has 0 radical (unpaired) electrons. The van der Waals surface area contributed by atoms with Gasteiger partial charge in [0, 0.05) is 16.9 Å². The molecule has 2 unspecified atom stereocenters. The van der Waals surface area contributed by atoms with Gasteiger partial charge in [-0.25, -0.2) is 0 Å². The molecule has 1 aromatic heterocycles. The highest BCUT2D eigenvalue weighted by molar-refractivity contribution is 7.12. The summed E-state index contributed by atoms with van der Waals surface area (Å²) >= 11 is 1.77. The standard InChI is InChI=1S/C16H24N2O2S/c1-10(2)12(9-20-4)18-14(13-6-5-11(3)21-13)17-16(7-8-16)15(18)19/h5-6,10,12,14,17H,7-9H2,1-4H3. The Morgan fingerprint density at radius 2 is 2.19 bits per heavy atom. The number of hydrogen-bond donors (Lipinski definition) is 1. The fraction of sp³-hybridized carbons (Fsp3) is 0.688. The van der Waals surface area contributed by atoms with Crippen molar-refractivity contribution in [2.45, 2.75) is 51.4 Å². The normalized spacial score (nSPS) is 25.1. The molecule has 1 saturated heterocycles. The summed E-state index contributed by atoms with van der Waals surface area (Å²) in [5, 5.41) is 3.60. The molecular formula is C16H24N2O2S. The van der Waals surface area contributed by atoms with Crippen LogP contribution in [0.15, 0.2) is 12.1 Å². The Hall–Kier alpha value is -0.910. The number of aryl methyl sites for hydroxylation is 1. The molecule has 1 saturated carbocycles. The predicted octanol–water partition coefficient (Wildman–Crippen LogP) is 2.69. The minimum absolute atomic E-state index is 0.00116. The van der Waals surface area contributed by atoms with Gasteiger partial charge >= 0.3 is 0 Å². The number of amides is 1. The van der Waals surface area contributed by atoms with Gasteiger partial charge in [-0.05, 0) is 37.8 Å². The Morgan fingerprint density at radius 3 is 2.67 bits per heavy atom. The first-order valence-corrected chi connectivity index (χ1v) is 8.46. The molecule has 2 fully saturated rings. The number of nitrogens with zero attached hydrogens (tertiary/aromatic N) is 1. The average Bonchev–Trinajstić information content (AvgIpc) is 3.01. The molecule has 116 valence electrons. The summed E-state index contributed by atoms with van der Waals surface area (Å²) in [6.07, 6.45) is 1.92. The summed E-state index contributed by atoms with van der Waals surface area (Å²) in [6.45, 7) is 7.01. The summed E-state index contributed by atoms with van der Waals surface area (Å²) in [7, 11) is 1.71. The number of thiophene rings is 1. The quantitative estimate of drug-likeness (QED) is 0.909. The van der Waals surface area contributed by atoms with Gasteiger partial charge in [0.25, 0.3) is 0 Å². The second-order valence-corrected chi connectivity index (χ2v) is 7.88. The molecule has 21 heavy (non-hydrogen) atoms. The molecule has 1 aliphatic carbocycles. The van der Waals surface area contributed by atoms with Crippen molar-refractivity contribution in [1.82, 2.24) is 10.2 Å². The van der Waals surface area contributed by atoms with E-state index >= 15 is 0 Å². The SMILES string of the molecule is COCC(C(C)C)N1C(=O)C2(CC2)NC1c1ccc(C)s1. The van der Waals surface area contributed by atoms with Crippen LogP contribution in [0.4, 0.5) is 0 Å². The van der Waals surface area contributed by atoms with Gasteiger partial charge in [-0.1, -0.05) is 13.8 Å². The maximum Gasteiger partial charge on any atom is 0.244 e. The first kappa shape index (κ1) is 15.0. The van der Waals surface area contributed by atoms with E-state index in [0.29, 0.717) is 12.5 Å². The van der Waals surface area contributed by atoms with E-state index in [9.17, 15) is 4.79 Å². The molecule has 1 aromatic rings. The predicted molar refractivity (Wildman–Crippen MR) is 84.2 cm³/mol. The maximum atomic E-state index is 12.9. The van der Waals surface area contributed by atoms with Gasteiger partial charge in [0.05, 0.1) is 12.6 Å². The van der Waals surface area contributed by atoms with E-state index in [1.165, 1.54) is 9.75 Å². The van der Waals surface area contributed by atoms with Gasteiger partial charge < -0.3 is 9.64 Å². The third-order valence-corrected chi connectivity index (χ3v) is 5.63. The lowest BCUT2D eigenvalue weighted by Crippen LogP contribution is -2.45. The van der Waals surface area contributed by atoms with E-state index in [1.807, 2.05) is 4.90 Å². The lowest BCUT2D eigenvalue weighted by molar-refractivity contribution is -0.135. The highest BCUT2D eigenvalue weighted by Crippen LogP contribution is 2.48. The number of rotatable bonds is 5. The van der Waals surface area contributed by atoms with E-state index in [0.717, 1.165) is 12.8 Å². The molecule has 1 spiro atoms. The number of carbonyl (C=O) groups is 1. The summed E-state index contributed by atoms with van der Waals surface area (Å²) in [5.41, 5.74) is -0.288. The summed E-state index contributed by atoms with van der Waals surface area (Å²) in [4.78, 5) is 17.5. The van der Waals surface area contributed by atoms with Gasteiger partial charge in [-0.15, -0.1) is 11.3 Å². The Morgan fingerprint density at radius 1 is 1.48 bits per heavy atom. The van der Waals surface area contributed by atoms with Crippen molar-refractivity contribution in [3.8, 4) is 0 Å². The number of ether oxygens (including phenoxy) is 1. The molecule has 1 aliphatic heterocycles. The van der Waals surface area contributed by atoms with Gasteiger partial charge in [0.15, 0.2) is 0 Å². The molecular weight excluding hydrogens is 284 g/mol. The van der Waals surface area contributed by atoms with Crippen molar-refractivity contribution >= 4 is 17.2 Å². The molecule has 5 heteroatoms. The number of nitrogens with one attached hydrogen (secondary N) is 1. The Kier molecular flexibility index (Phi) is 3.84.